The van der Waals surface area contributed by atoms with Crippen molar-refractivity contribution in [2.45, 2.75) is 57.1 Å². The molecule has 1 aliphatic rings. The smallest absolute Gasteiger partial charge is 0.253 e. The first-order valence-electron chi connectivity index (χ1n) is 8.58. The Morgan fingerprint density at radius 1 is 1.17 bits per heavy atom. The molecule has 0 bridgehead atoms. The molecule has 1 atom stereocenters. The number of anilines is 1. The van der Waals surface area contributed by atoms with Gasteiger partial charge in [-0.2, -0.15) is 0 Å². The maximum Gasteiger partial charge on any atom is 0.253 e. The fraction of sp³-hybridized carbons (Fsp3) is 0.611. The number of aliphatic hydroxyl groups is 1. The van der Waals surface area contributed by atoms with E-state index in [2.05, 4.69) is 10.6 Å². The van der Waals surface area contributed by atoms with Crippen LogP contribution in [0.4, 0.5) is 5.69 Å². The Kier molecular flexibility index (Phi) is 7.69. The van der Waals surface area contributed by atoms with E-state index in [9.17, 15) is 9.90 Å². The highest BCUT2D eigenvalue weighted by Gasteiger charge is 2.17. The number of carbonyl (C=O) groups is 1. The summed E-state index contributed by atoms with van der Waals surface area (Å²) in [5.41, 5.74) is 1.36. The zero-order valence-corrected chi connectivity index (χ0v) is 14.3. The van der Waals surface area contributed by atoms with E-state index >= 15 is 0 Å². The zero-order chi connectivity index (χ0) is 16.5. The summed E-state index contributed by atoms with van der Waals surface area (Å²) in [5.74, 6) is 0.128. The highest BCUT2D eigenvalue weighted by atomic mass is 35.5. The number of amides is 1. The molecule has 1 unspecified atom stereocenters. The van der Waals surface area contributed by atoms with Crippen LogP contribution in [0.15, 0.2) is 24.3 Å². The topological polar surface area (TPSA) is 61.4 Å². The second-order valence-corrected chi connectivity index (χ2v) is 6.56. The van der Waals surface area contributed by atoms with E-state index in [1.807, 2.05) is 24.3 Å². The summed E-state index contributed by atoms with van der Waals surface area (Å²) in [6.45, 7) is 0.331. The Hall–Kier alpha value is -1.26. The summed E-state index contributed by atoms with van der Waals surface area (Å²) in [6.07, 6.45) is 7.72. The lowest BCUT2D eigenvalue weighted by atomic mass is 9.96. The fourth-order valence-electron chi connectivity index (χ4n) is 2.98. The summed E-state index contributed by atoms with van der Waals surface area (Å²) in [6, 6.07) is 7.67. The summed E-state index contributed by atoms with van der Waals surface area (Å²) in [4.78, 5) is 12.6. The Morgan fingerprint density at radius 3 is 2.52 bits per heavy atom. The highest BCUT2D eigenvalue weighted by Crippen LogP contribution is 2.19. The van der Waals surface area contributed by atoms with Crippen LogP contribution >= 0.6 is 11.6 Å². The molecule has 1 aromatic rings. The summed E-state index contributed by atoms with van der Waals surface area (Å²) >= 11 is 5.61. The highest BCUT2D eigenvalue weighted by molar-refractivity contribution is 6.18. The maximum absolute atomic E-state index is 12.6. The third-order valence-electron chi connectivity index (χ3n) is 4.32. The van der Waals surface area contributed by atoms with Gasteiger partial charge in [-0.15, -0.1) is 11.6 Å². The van der Waals surface area contributed by atoms with Gasteiger partial charge < -0.3 is 15.7 Å². The first-order valence-corrected chi connectivity index (χ1v) is 9.12. The van der Waals surface area contributed by atoms with E-state index in [1.54, 1.807) is 0 Å². The number of nitrogens with one attached hydrogen (secondary N) is 2. The molecule has 1 aliphatic carbocycles. The van der Waals surface area contributed by atoms with Gasteiger partial charge in [-0.05, 0) is 25.0 Å². The number of benzene rings is 1. The molecule has 1 aromatic carbocycles. The predicted octanol–water partition coefficient (Wildman–Crippen LogP) is 3.54. The molecule has 1 amide bonds. The minimum absolute atomic E-state index is 0.0426. The van der Waals surface area contributed by atoms with Gasteiger partial charge in [0.05, 0.1) is 17.5 Å². The predicted molar refractivity (Wildman–Crippen MR) is 95.2 cm³/mol. The number of rotatable bonds is 6. The molecule has 128 valence electrons. The molecule has 2 rings (SSSR count). The SMILES string of the molecule is O=C(NC1CCCCCCC1)c1ccccc1NCC(O)CCl. The zero-order valence-electron chi connectivity index (χ0n) is 13.6. The van der Waals surface area contributed by atoms with Crippen molar-refractivity contribution in [2.75, 3.05) is 17.7 Å². The summed E-state index contributed by atoms with van der Waals surface area (Å²) < 4.78 is 0. The molecular weight excluding hydrogens is 312 g/mol. The minimum atomic E-state index is -0.626. The van der Waals surface area contributed by atoms with Crippen molar-refractivity contribution in [1.82, 2.24) is 5.32 Å². The largest absolute Gasteiger partial charge is 0.390 e. The summed E-state index contributed by atoms with van der Waals surface area (Å²) in [5, 5.41) is 15.9. The number of hydrogen-bond acceptors (Lipinski definition) is 3. The Bertz CT molecular complexity index is 488. The van der Waals surface area contributed by atoms with Gasteiger partial charge in [0, 0.05) is 18.3 Å². The number of alkyl halides is 1. The molecule has 5 heteroatoms. The Morgan fingerprint density at radius 2 is 1.83 bits per heavy atom. The van der Waals surface area contributed by atoms with E-state index in [-0.39, 0.29) is 17.8 Å². The first-order chi connectivity index (χ1) is 11.2. The number of halogens is 1. The quantitative estimate of drug-likeness (QED) is 0.695. The van der Waals surface area contributed by atoms with Gasteiger partial charge in [-0.1, -0.05) is 44.2 Å². The Labute approximate surface area is 143 Å². The molecular formula is C18H27ClN2O2. The maximum atomic E-state index is 12.6. The monoisotopic (exact) mass is 338 g/mol. The van der Waals surface area contributed by atoms with Crippen LogP contribution in [0.2, 0.25) is 0 Å². The van der Waals surface area contributed by atoms with Gasteiger partial charge in [-0.3, -0.25) is 4.79 Å². The van der Waals surface area contributed by atoms with E-state index in [4.69, 9.17) is 11.6 Å². The van der Waals surface area contributed by atoms with Crippen LogP contribution in [0, 0.1) is 0 Å². The van der Waals surface area contributed by atoms with Crippen molar-refractivity contribution in [3.8, 4) is 0 Å². The molecule has 0 radical (unpaired) electrons. The number of para-hydroxylation sites is 1. The third kappa shape index (κ3) is 6.04. The van der Waals surface area contributed by atoms with Crippen LogP contribution in [-0.4, -0.2) is 35.6 Å². The standard InChI is InChI=1S/C18H27ClN2O2/c19-12-15(22)13-20-17-11-7-6-10-16(17)18(23)21-14-8-4-2-1-3-5-9-14/h6-7,10-11,14-15,20,22H,1-5,8-9,12-13H2,(H,21,23). The van der Waals surface area contributed by atoms with Gasteiger partial charge in [0.2, 0.25) is 0 Å². The third-order valence-corrected chi connectivity index (χ3v) is 4.67. The van der Waals surface area contributed by atoms with E-state index < -0.39 is 6.10 Å². The summed E-state index contributed by atoms with van der Waals surface area (Å²) in [7, 11) is 0. The van der Waals surface area contributed by atoms with Gasteiger partial charge in [0.25, 0.3) is 5.91 Å². The second-order valence-electron chi connectivity index (χ2n) is 6.25. The average Bonchev–Trinajstić information content (AvgIpc) is 2.55. The lowest BCUT2D eigenvalue weighted by Crippen LogP contribution is -2.35. The van der Waals surface area contributed by atoms with Gasteiger partial charge in [-0.25, -0.2) is 0 Å². The second kappa shape index (κ2) is 9.78. The van der Waals surface area contributed by atoms with Crippen LogP contribution < -0.4 is 10.6 Å². The fourth-order valence-corrected chi connectivity index (χ4v) is 3.09. The molecule has 0 spiro atoms. The molecule has 0 heterocycles. The van der Waals surface area contributed by atoms with Crippen LogP contribution in [0.1, 0.15) is 55.3 Å². The van der Waals surface area contributed by atoms with Crippen LogP contribution in [0.5, 0.6) is 0 Å². The van der Waals surface area contributed by atoms with E-state index in [0.29, 0.717) is 12.1 Å². The molecule has 0 saturated heterocycles. The lowest BCUT2D eigenvalue weighted by molar-refractivity contribution is 0.0931. The number of hydrogen-bond donors (Lipinski definition) is 3. The van der Waals surface area contributed by atoms with Gasteiger partial charge in [0.1, 0.15) is 0 Å². The molecule has 0 aromatic heterocycles. The molecule has 1 saturated carbocycles. The van der Waals surface area contributed by atoms with Crippen molar-refractivity contribution in [1.29, 1.82) is 0 Å². The molecule has 3 N–H and O–H groups in total. The van der Waals surface area contributed by atoms with Crippen molar-refractivity contribution in [2.24, 2.45) is 0 Å². The van der Waals surface area contributed by atoms with E-state index in [1.165, 1.54) is 32.1 Å². The van der Waals surface area contributed by atoms with Crippen molar-refractivity contribution < 1.29 is 9.90 Å². The normalized spacial score (nSPS) is 17.8. The lowest BCUT2D eigenvalue weighted by Gasteiger charge is -2.22. The molecule has 1 fully saturated rings. The van der Waals surface area contributed by atoms with Gasteiger partial charge in [0.15, 0.2) is 0 Å². The molecule has 23 heavy (non-hydrogen) atoms. The first kappa shape index (κ1) is 18.1. The van der Waals surface area contributed by atoms with Gasteiger partial charge >= 0.3 is 0 Å². The van der Waals surface area contributed by atoms with Crippen LogP contribution in [-0.2, 0) is 0 Å². The van der Waals surface area contributed by atoms with Crippen molar-refractivity contribution in [3.63, 3.8) is 0 Å². The Balaban J connectivity index is 1.97. The molecule has 0 aliphatic heterocycles. The number of aliphatic hydroxyl groups excluding tert-OH is 1. The van der Waals surface area contributed by atoms with Crippen LogP contribution in [0.3, 0.4) is 0 Å². The minimum Gasteiger partial charge on any atom is -0.390 e. The van der Waals surface area contributed by atoms with Crippen LogP contribution in [0.25, 0.3) is 0 Å². The molecule has 4 nitrogen and oxygen atoms in total. The number of carbonyl (C=O) groups excluding carboxylic acids is 1. The van der Waals surface area contributed by atoms with E-state index in [0.717, 1.165) is 18.5 Å². The van der Waals surface area contributed by atoms with Crippen molar-refractivity contribution >= 4 is 23.2 Å². The average molecular weight is 339 g/mol. The van der Waals surface area contributed by atoms with Crippen molar-refractivity contribution in [3.05, 3.63) is 29.8 Å².